The maximum Gasteiger partial charge on any atom is 0.337 e. The van der Waals surface area contributed by atoms with E-state index in [0.29, 0.717) is 12.1 Å². The van der Waals surface area contributed by atoms with Gasteiger partial charge in [0, 0.05) is 11.9 Å². The Balaban J connectivity index is 2.38. The highest BCUT2D eigenvalue weighted by atomic mass is 16.4. The molecule has 7 heteroatoms. The van der Waals surface area contributed by atoms with Gasteiger partial charge in [-0.15, -0.1) is 0 Å². The van der Waals surface area contributed by atoms with Crippen molar-refractivity contribution in [2.45, 2.75) is 13.3 Å². The second-order valence-electron chi connectivity index (χ2n) is 3.85. The van der Waals surface area contributed by atoms with Gasteiger partial charge < -0.3 is 15.1 Å². The van der Waals surface area contributed by atoms with Crippen molar-refractivity contribution in [1.82, 2.24) is 15.0 Å². The summed E-state index contributed by atoms with van der Waals surface area (Å²) in [7, 11) is 0. The van der Waals surface area contributed by atoms with Crippen molar-refractivity contribution in [3.05, 3.63) is 51.5 Å². The number of aromatic amines is 2. The van der Waals surface area contributed by atoms with Gasteiger partial charge in [-0.25, -0.2) is 9.59 Å². The molecule has 98 valence electrons. The predicted molar refractivity (Wildman–Crippen MR) is 65.4 cm³/mol. The Morgan fingerprint density at radius 1 is 1.32 bits per heavy atom. The van der Waals surface area contributed by atoms with Gasteiger partial charge >= 0.3 is 11.7 Å². The second-order valence-corrected chi connectivity index (χ2v) is 3.85. The number of hydrogen-bond acceptors (Lipinski definition) is 4. The first-order chi connectivity index (χ1) is 9.02. The van der Waals surface area contributed by atoms with Crippen LogP contribution in [-0.4, -0.2) is 31.8 Å². The SMILES string of the molecule is CCc1[nH]c(=O)[nH]c1C(=O)c1ccc(C(=O)O)cn1. The number of nitrogens with zero attached hydrogens (tertiary/aromatic N) is 1. The maximum absolute atomic E-state index is 12.1. The molecule has 0 aliphatic rings. The number of carbonyl (C=O) groups is 2. The minimum atomic E-state index is -1.12. The van der Waals surface area contributed by atoms with E-state index in [1.807, 2.05) is 0 Å². The quantitative estimate of drug-likeness (QED) is 0.696. The lowest BCUT2D eigenvalue weighted by Crippen LogP contribution is -2.09. The number of carbonyl (C=O) groups excluding carboxylic acids is 1. The third-order valence-corrected chi connectivity index (χ3v) is 2.63. The Hall–Kier alpha value is -2.70. The highest BCUT2D eigenvalue weighted by molar-refractivity contribution is 6.07. The largest absolute Gasteiger partial charge is 0.478 e. The summed E-state index contributed by atoms with van der Waals surface area (Å²) < 4.78 is 0. The number of carboxylic acid groups (broad SMARTS) is 1. The number of hydrogen-bond donors (Lipinski definition) is 3. The number of aryl methyl sites for hydroxylation is 1. The van der Waals surface area contributed by atoms with Gasteiger partial charge in [0.2, 0.25) is 5.78 Å². The van der Waals surface area contributed by atoms with Gasteiger partial charge in [0.1, 0.15) is 11.4 Å². The zero-order chi connectivity index (χ0) is 14.0. The lowest BCUT2D eigenvalue weighted by molar-refractivity contribution is 0.0696. The molecule has 0 spiro atoms. The number of ketones is 1. The molecule has 0 radical (unpaired) electrons. The van der Waals surface area contributed by atoms with Gasteiger partial charge in [0.25, 0.3) is 0 Å². The van der Waals surface area contributed by atoms with Crippen LogP contribution in [0.5, 0.6) is 0 Å². The molecule has 3 N–H and O–H groups in total. The molecule has 0 saturated heterocycles. The van der Waals surface area contributed by atoms with Gasteiger partial charge in [-0.3, -0.25) is 9.78 Å². The minimum absolute atomic E-state index is 0.00479. The first-order valence-corrected chi connectivity index (χ1v) is 5.58. The van der Waals surface area contributed by atoms with Gasteiger partial charge in [-0.05, 0) is 18.6 Å². The molecule has 19 heavy (non-hydrogen) atoms. The van der Waals surface area contributed by atoms with E-state index in [9.17, 15) is 14.4 Å². The average Bonchev–Trinajstić information content (AvgIpc) is 2.79. The fourth-order valence-corrected chi connectivity index (χ4v) is 1.66. The number of imidazole rings is 1. The van der Waals surface area contributed by atoms with Gasteiger partial charge in [-0.2, -0.15) is 0 Å². The maximum atomic E-state index is 12.1. The number of rotatable bonds is 4. The van der Waals surface area contributed by atoms with Crippen LogP contribution in [0.15, 0.2) is 23.1 Å². The van der Waals surface area contributed by atoms with Crippen LogP contribution in [0, 0.1) is 0 Å². The molecule has 0 amide bonds. The third-order valence-electron chi connectivity index (χ3n) is 2.63. The average molecular weight is 261 g/mol. The number of H-pyrrole nitrogens is 2. The number of aromatic carboxylic acids is 1. The van der Waals surface area contributed by atoms with E-state index < -0.39 is 17.4 Å². The van der Waals surface area contributed by atoms with Crippen molar-refractivity contribution in [1.29, 1.82) is 0 Å². The van der Waals surface area contributed by atoms with E-state index in [1.165, 1.54) is 12.1 Å². The minimum Gasteiger partial charge on any atom is -0.478 e. The molecule has 2 rings (SSSR count). The molecule has 2 aromatic rings. The van der Waals surface area contributed by atoms with Crippen LogP contribution in [0.2, 0.25) is 0 Å². The van der Waals surface area contributed by atoms with Crippen LogP contribution in [0.3, 0.4) is 0 Å². The summed E-state index contributed by atoms with van der Waals surface area (Å²) >= 11 is 0. The van der Waals surface area contributed by atoms with Gasteiger partial charge in [0.05, 0.1) is 5.56 Å². The molecule has 2 heterocycles. The van der Waals surface area contributed by atoms with Crippen molar-refractivity contribution >= 4 is 11.8 Å². The molecule has 0 fully saturated rings. The van der Waals surface area contributed by atoms with Crippen molar-refractivity contribution in [3.8, 4) is 0 Å². The van der Waals surface area contributed by atoms with Crippen LogP contribution < -0.4 is 5.69 Å². The first kappa shape index (κ1) is 12.7. The Labute approximate surface area is 107 Å². The number of nitrogens with one attached hydrogen (secondary N) is 2. The topological polar surface area (TPSA) is 116 Å². The smallest absolute Gasteiger partial charge is 0.337 e. The van der Waals surface area contributed by atoms with Crippen LogP contribution in [-0.2, 0) is 6.42 Å². The molecule has 0 aliphatic heterocycles. The van der Waals surface area contributed by atoms with Crippen LogP contribution in [0.1, 0.15) is 39.2 Å². The standard InChI is InChI=1S/C12H11N3O4/c1-2-7-9(15-12(19)14-7)10(16)8-4-3-6(5-13-8)11(17)18/h3-5H,2H2,1H3,(H,17,18)(H2,14,15,19). The Kier molecular flexibility index (Phi) is 3.28. The Bertz CT molecular complexity index is 682. The van der Waals surface area contributed by atoms with E-state index in [1.54, 1.807) is 6.92 Å². The summed E-state index contributed by atoms with van der Waals surface area (Å²) in [6.07, 6.45) is 1.60. The molecule has 0 bridgehead atoms. The summed E-state index contributed by atoms with van der Waals surface area (Å²) in [6.45, 7) is 1.80. The van der Waals surface area contributed by atoms with Crippen molar-refractivity contribution in [3.63, 3.8) is 0 Å². The summed E-state index contributed by atoms with van der Waals surface area (Å²) in [6, 6.07) is 2.61. The molecule has 0 unspecified atom stereocenters. The lowest BCUT2D eigenvalue weighted by Gasteiger charge is -2.00. The third kappa shape index (κ3) is 2.44. The normalized spacial score (nSPS) is 10.4. The van der Waals surface area contributed by atoms with Crippen molar-refractivity contribution in [2.75, 3.05) is 0 Å². The van der Waals surface area contributed by atoms with E-state index >= 15 is 0 Å². The molecule has 0 saturated carbocycles. The molecule has 0 aliphatic carbocycles. The van der Waals surface area contributed by atoms with Crippen LogP contribution in [0.25, 0.3) is 0 Å². The van der Waals surface area contributed by atoms with E-state index in [-0.39, 0.29) is 17.0 Å². The Morgan fingerprint density at radius 3 is 2.58 bits per heavy atom. The number of carboxylic acids is 1. The summed E-state index contributed by atoms with van der Waals surface area (Å²) in [5, 5.41) is 8.74. The lowest BCUT2D eigenvalue weighted by atomic mass is 10.1. The zero-order valence-corrected chi connectivity index (χ0v) is 10.1. The van der Waals surface area contributed by atoms with Crippen molar-refractivity contribution in [2.24, 2.45) is 0 Å². The fourth-order valence-electron chi connectivity index (χ4n) is 1.66. The summed E-state index contributed by atoms with van der Waals surface area (Å²) in [4.78, 5) is 42.7. The summed E-state index contributed by atoms with van der Waals surface area (Å²) in [5.41, 5.74) is 0.273. The highest BCUT2D eigenvalue weighted by Gasteiger charge is 2.17. The fraction of sp³-hybridized carbons (Fsp3) is 0.167. The molecule has 0 aromatic carbocycles. The number of aromatic nitrogens is 3. The number of pyridine rings is 1. The van der Waals surface area contributed by atoms with Gasteiger partial charge in [0.15, 0.2) is 0 Å². The van der Waals surface area contributed by atoms with Crippen molar-refractivity contribution < 1.29 is 14.7 Å². The first-order valence-electron chi connectivity index (χ1n) is 5.58. The molecule has 0 atom stereocenters. The molecular weight excluding hydrogens is 250 g/mol. The summed E-state index contributed by atoms with van der Waals surface area (Å²) in [5.74, 6) is -1.57. The Morgan fingerprint density at radius 2 is 2.05 bits per heavy atom. The monoisotopic (exact) mass is 261 g/mol. The highest BCUT2D eigenvalue weighted by Crippen LogP contribution is 2.09. The molecule has 7 nitrogen and oxygen atoms in total. The molecule has 2 aromatic heterocycles. The van der Waals surface area contributed by atoms with Crippen LogP contribution >= 0.6 is 0 Å². The van der Waals surface area contributed by atoms with Gasteiger partial charge in [-0.1, -0.05) is 6.92 Å². The van der Waals surface area contributed by atoms with E-state index in [0.717, 1.165) is 6.20 Å². The molecular formula is C12H11N3O4. The predicted octanol–water partition coefficient (Wildman–Crippen LogP) is 0.590. The van der Waals surface area contributed by atoms with E-state index in [2.05, 4.69) is 15.0 Å². The zero-order valence-electron chi connectivity index (χ0n) is 10.1. The van der Waals surface area contributed by atoms with E-state index in [4.69, 9.17) is 5.11 Å². The second kappa shape index (κ2) is 4.89. The van der Waals surface area contributed by atoms with Crippen LogP contribution in [0.4, 0.5) is 0 Å².